The van der Waals surface area contributed by atoms with Crippen LogP contribution in [-0.4, -0.2) is 64.0 Å². The number of amides is 3. The number of carbonyl (C=O) groups excluding carboxylic acids is 3. The molecular formula is C19H34N4O7. The molecule has 11 nitrogen and oxygen atoms in total. The van der Waals surface area contributed by atoms with Crippen LogP contribution in [-0.2, 0) is 24.0 Å². The summed E-state index contributed by atoms with van der Waals surface area (Å²) in [6.07, 6.45) is -0.238. The number of hydrogen-bond acceptors (Lipinski definition) is 6. The SMILES string of the molecule is CC(C)CC(N)C(=O)NC(C)C(=O)NC(CCC(=O)O)C(=O)NC(C(=O)O)C(C)C. The van der Waals surface area contributed by atoms with Gasteiger partial charge in [-0.05, 0) is 31.6 Å². The van der Waals surface area contributed by atoms with E-state index in [1.165, 1.54) is 6.92 Å². The molecule has 172 valence electrons. The molecule has 4 atom stereocenters. The zero-order valence-corrected chi connectivity index (χ0v) is 18.1. The van der Waals surface area contributed by atoms with Crippen molar-refractivity contribution in [2.75, 3.05) is 0 Å². The summed E-state index contributed by atoms with van der Waals surface area (Å²) >= 11 is 0. The molecule has 0 rings (SSSR count). The lowest BCUT2D eigenvalue weighted by atomic mass is 10.0. The van der Waals surface area contributed by atoms with E-state index < -0.39 is 66.2 Å². The van der Waals surface area contributed by atoms with E-state index in [1.807, 2.05) is 13.8 Å². The maximum absolute atomic E-state index is 12.5. The summed E-state index contributed by atoms with van der Waals surface area (Å²) in [6, 6.07) is -4.31. The van der Waals surface area contributed by atoms with Gasteiger partial charge >= 0.3 is 11.9 Å². The molecule has 7 N–H and O–H groups in total. The lowest BCUT2D eigenvalue weighted by Crippen LogP contribution is -2.57. The normalized spacial score (nSPS) is 15.1. The maximum atomic E-state index is 12.5. The van der Waals surface area contributed by atoms with E-state index in [0.717, 1.165) is 0 Å². The Labute approximate surface area is 176 Å². The predicted molar refractivity (Wildman–Crippen MR) is 108 cm³/mol. The second kappa shape index (κ2) is 12.8. The molecule has 11 heteroatoms. The zero-order valence-electron chi connectivity index (χ0n) is 18.1. The molecule has 0 aromatic carbocycles. The molecule has 4 unspecified atom stereocenters. The number of nitrogens with one attached hydrogen (secondary N) is 3. The van der Waals surface area contributed by atoms with E-state index >= 15 is 0 Å². The monoisotopic (exact) mass is 430 g/mol. The van der Waals surface area contributed by atoms with Crippen molar-refractivity contribution in [1.29, 1.82) is 0 Å². The average molecular weight is 431 g/mol. The summed E-state index contributed by atoms with van der Waals surface area (Å²) in [5, 5.41) is 25.3. The number of nitrogens with two attached hydrogens (primary N) is 1. The van der Waals surface area contributed by atoms with Crippen LogP contribution in [0.2, 0.25) is 0 Å². The van der Waals surface area contributed by atoms with Gasteiger partial charge in [0.25, 0.3) is 0 Å². The number of hydrogen-bond donors (Lipinski definition) is 6. The van der Waals surface area contributed by atoms with Gasteiger partial charge in [-0.1, -0.05) is 27.7 Å². The minimum Gasteiger partial charge on any atom is -0.481 e. The molecule has 0 aromatic rings. The van der Waals surface area contributed by atoms with Crippen LogP contribution in [0.5, 0.6) is 0 Å². The van der Waals surface area contributed by atoms with E-state index in [-0.39, 0.29) is 12.3 Å². The highest BCUT2D eigenvalue weighted by Gasteiger charge is 2.30. The molecule has 0 saturated heterocycles. The van der Waals surface area contributed by atoms with Crippen LogP contribution in [0.25, 0.3) is 0 Å². The number of aliphatic carboxylic acids is 2. The van der Waals surface area contributed by atoms with Crippen molar-refractivity contribution in [1.82, 2.24) is 16.0 Å². The van der Waals surface area contributed by atoms with Crippen molar-refractivity contribution in [2.45, 2.75) is 78.0 Å². The molecule has 0 aliphatic heterocycles. The molecule has 0 spiro atoms. The smallest absolute Gasteiger partial charge is 0.326 e. The third kappa shape index (κ3) is 10.2. The predicted octanol–water partition coefficient (Wildman–Crippen LogP) is -0.560. The summed E-state index contributed by atoms with van der Waals surface area (Å²) in [5.41, 5.74) is 5.78. The van der Waals surface area contributed by atoms with E-state index in [2.05, 4.69) is 16.0 Å². The molecule has 0 fully saturated rings. The van der Waals surface area contributed by atoms with Crippen molar-refractivity contribution in [2.24, 2.45) is 17.6 Å². The minimum absolute atomic E-state index is 0.183. The Morgan fingerprint density at radius 3 is 1.83 bits per heavy atom. The molecule has 0 saturated carbocycles. The molecular weight excluding hydrogens is 396 g/mol. The molecule has 0 bridgehead atoms. The molecule has 0 aliphatic rings. The average Bonchev–Trinajstić information content (AvgIpc) is 2.60. The molecule has 0 aromatic heterocycles. The maximum Gasteiger partial charge on any atom is 0.326 e. The first kappa shape index (κ1) is 27.3. The first-order valence-electron chi connectivity index (χ1n) is 9.87. The van der Waals surface area contributed by atoms with Gasteiger partial charge in [-0.2, -0.15) is 0 Å². The van der Waals surface area contributed by atoms with Gasteiger partial charge in [0.1, 0.15) is 18.1 Å². The third-order valence-electron chi connectivity index (χ3n) is 4.32. The fourth-order valence-electron chi connectivity index (χ4n) is 2.60. The Hall–Kier alpha value is -2.69. The lowest BCUT2D eigenvalue weighted by molar-refractivity contribution is -0.144. The van der Waals surface area contributed by atoms with Crippen molar-refractivity contribution in [3.8, 4) is 0 Å². The fourth-order valence-corrected chi connectivity index (χ4v) is 2.60. The standard InChI is InChI=1S/C19H34N4O7/c1-9(2)8-12(20)17(27)21-11(5)16(26)22-13(6-7-14(24)25)18(28)23-15(10(3)4)19(29)30/h9-13,15H,6-8,20H2,1-5H3,(H,21,27)(H,22,26)(H,23,28)(H,24,25)(H,29,30). The summed E-state index contributed by atoms with van der Waals surface area (Å²) in [5.74, 6) is -4.74. The first-order chi connectivity index (χ1) is 13.8. The first-order valence-corrected chi connectivity index (χ1v) is 9.87. The zero-order chi connectivity index (χ0) is 23.6. The van der Waals surface area contributed by atoms with Crippen molar-refractivity contribution in [3.05, 3.63) is 0 Å². The van der Waals surface area contributed by atoms with E-state index in [0.29, 0.717) is 6.42 Å². The van der Waals surface area contributed by atoms with Gasteiger partial charge in [-0.15, -0.1) is 0 Å². The summed E-state index contributed by atoms with van der Waals surface area (Å²) in [6.45, 7) is 8.40. The Morgan fingerprint density at radius 2 is 1.40 bits per heavy atom. The largest absolute Gasteiger partial charge is 0.481 e. The summed E-state index contributed by atoms with van der Waals surface area (Å²) in [7, 11) is 0. The van der Waals surface area contributed by atoms with Gasteiger partial charge in [0.05, 0.1) is 6.04 Å². The van der Waals surface area contributed by atoms with Crippen molar-refractivity contribution in [3.63, 3.8) is 0 Å². The second-order valence-corrected chi connectivity index (χ2v) is 8.03. The van der Waals surface area contributed by atoms with Crippen LogP contribution >= 0.6 is 0 Å². The molecule has 0 heterocycles. The second-order valence-electron chi connectivity index (χ2n) is 8.03. The number of carboxylic acid groups (broad SMARTS) is 2. The van der Waals surface area contributed by atoms with E-state index in [4.69, 9.17) is 10.8 Å². The Bertz CT molecular complexity index is 636. The number of carbonyl (C=O) groups is 5. The fraction of sp³-hybridized carbons (Fsp3) is 0.737. The summed E-state index contributed by atoms with van der Waals surface area (Å²) in [4.78, 5) is 59.2. The van der Waals surface area contributed by atoms with Crippen LogP contribution in [0.15, 0.2) is 0 Å². The highest BCUT2D eigenvalue weighted by Crippen LogP contribution is 2.06. The van der Waals surface area contributed by atoms with Gasteiger partial charge in [-0.25, -0.2) is 4.79 Å². The van der Waals surface area contributed by atoms with Gasteiger partial charge in [0, 0.05) is 6.42 Å². The van der Waals surface area contributed by atoms with Crippen molar-refractivity contribution >= 4 is 29.7 Å². The molecule has 3 amide bonds. The Balaban J connectivity index is 5.15. The molecule has 0 aliphatic carbocycles. The van der Waals surface area contributed by atoms with Crippen LogP contribution in [0.1, 0.15) is 53.9 Å². The van der Waals surface area contributed by atoms with E-state index in [9.17, 15) is 29.1 Å². The van der Waals surface area contributed by atoms with Crippen LogP contribution in [0.3, 0.4) is 0 Å². The van der Waals surface area contributed by atoms with Gasteiger partial charge in [0.15, 0.2) is 0 Å². The summed E-state index contributed by atoms with van der Waals surface area (Å²) < 4.78 is 0. The van der Waals surface area contributed by atoms with Crippen LogP contribution in [0, 0.1) is 11.8 Å². The lowest BCUT2D eigenvalue weighted by Gasteiger charge is -2.24. The van der Waals surface area contributed by atoms with Crippen molar-refractivity contribution < 1.29 is 34.2 Å². The highest BCUT2D eigenvalue weighted by atomic mass is 16.4. The third-order valence-corrected chi connectivity index (χ3v) is 4.32. The van der Waals surface area contributed by atoms with Gasteiger partial charge < -0.3 is 31.9 Å². The minimum atomic E-state index is -1.28. The van der Waals surface area contributed by atoms with Gasteiger partial charge in [-0.3, -0.25) is 19.2 Å². The topological polar surface area (TPSA) is 188 Å². The number of rotatable bonds is 13. The molecule has 0 radical (unpaired) electrons. The Morgan fingerprint density at radius 1 is 0.833 bits per heavy atom. The quantitative estimate of drug-likeness (QED) is 0.224. The van der Waals surface area contributed by atoms with Crippen LogP contribution in [0.4, 0.5) is 0 Å². The van der Waals surface area contributed by atoms with Gasteiger partial charge in [0.2, 0.25) is 17.7 Å². The highest BCUT2D eigenvalue weighted by molar-refractivity contribution is 5.94. The van der Waals surface area contributed by atoms with E-state index in [1.54, 1.807) is 13.8 Å². The van der Waals surface area contributed by atoms with Crippen LogP contribution < -0.4 is 21.7 Å². The Kier molecular flexibility index (Phi) is 11.6. The number of carboxylic acids is 2. The molecule has 30 heavy (non-hydrogen) atoms.